The highest BCUT2D eigenvalue weighted by Gasteiger charge is 2.45. The van der Waals surface area contributed by atoms with Gasteiger partial charge in [0.2, 0.25) is 0 Å². The van der Waals surface area contributed by atoms with Crippen molar-refractivity contribution < 1.29 is 10.0 Å². The average Bonchev–Trinajstić information content (AvgIpc) is 2.61. The molecule has 1 fully saturated rings. The Morgan fingerprint density at radius 1 is 1.44 bits per heavy atom. The SMILES string of the molecule is O=[N+]([O-])[C@@H]1[C@H](O)CS[C@H]1c1ccc(Br)cc1. The Bertz CT molecular complexity index is 398. The van der Waals surface area contributed by atoms with Crippen LogP contribution >= 0.6 is 27.7 Å². The van der Waals surface area contributed by atoms with Crippen LogP contribution in [0.15, 0.2) is 28.7 Å². The molecule has 1 aliphatic heterocycles. The fourth-order valence-electron chi connectivity index (χ4n) is 1.80. The Hall–Kier alpha value is -0.590. The molecule has 1 aromatic carbocycles. The van der Waals surface area contributed by atoms with Crippen molar-refractivity contribution in [1.82, 2.24) is 0 Å². The summed E-state index contributed by atoms with van der Waals surface area (Å²) in [5, 5.41) is 20.2. The molecule has 0 aromatic heterocycles. The number of halogens is 1. The van der Waals surface area contributed by atoms with Gasteiger partial charge in [0, 0.05) is 15.1 Å². The minimum atomic E-state index is -0.897. The van der Waals surface area contributed by atoms with Gasteiger partial charge in [-0.3, -0.25) is 10.1 Å². The number of hydrogen-bond donors (Lipinski definition) is 1. The van der Waals surface area contributed by atoms with E-state index in [1.165, 1.54) is 11.8 Å². The van der Waals surface area contributed by atoms with Crippen molar-refractivity contribution in [2.75, 3.05) is 5.75 Å². The zero-order valence-corrected chi connectivity index (χ0v) is 10.6. The summed E-state index contributed by atoms with van der Waals surface area (Å²) in [6.07, 6.45) is -0.853. The van der Waals surface area contributed by atoms with Gasteiger partial charge in [0.15, 0.2) is 0 Å². The van der Waals surface area contributed by atoms with E-state index < -0.39 is 12.1 Å². The number of aliphatic hydroxyl groups is 1. The van der Waals surface area contributed by atoms with Gasteiger partial charge in [-0.15, -0.1) is 11.8 Å². The van der Waals surface area contributed by atoms with Crippen molar-refractivity contribution in [3.05, 3.63) is 44.4 Å². The fourth-order valence-corrected chi connectivity index (χ4v) is 3.49. The van der Waals surface area contributed by atoms with Gasteiger partial charge in [0.25, 0.3) is 6.04 Å². The second-order valence-corrected chi connectivity index (χ2v) is 5.74. The smallest absolute Gasteiger partial charge is 0.255 e. The molecule has 1 aliphatic rings. The van der Waals surface area contributed by atoms with Crippen molar-refractivity contribution in [2.45, 2.75) is 17.4 Å². The first-order valence-corrected chi connectivity index (χ1v) is 6.62. The molecule has 0 radical (unpaired) electrons. The van der Waals surface area contributed by atoms with Crippen molar-refractivity contribution in [3.8, 4) is 0 Å². The number of nitrogens with zero attached hydrogens (tertiary/aromatic N) is 1. The summed E-state index contributed by atoms with van der Waals surface area (Å²) in [5.74, 6) is 0.423. The molecule has 1 saturated heterocycles. The highest BCUT2D eigenvalue weighted by molar-refractivity contribution is 9.10. The van der Waals surface area contributed by atoms with Crippen molar-refractivity contribution >= 4 is 27.7 Å². The molecule has 6 heteroatoms. The van der Waals surface area contributed by atoms with Gasteiger partial charge in [0.1, 0.15) is 6.10 Å². The highest BCUT2D eigenvalue weighted by Crippen LogP contribution is 2.41. The van der Waals surface area contributed by atoms with E-state index in [1.54, 1.807) is 0 Å². The van der Waals surface area contributed by atoms with Crippen LogP contribution in [-0.4, -0.2) is 27.9 Å². The van der Waals surface area contributed by atoms with Crippen LogP contribution in [0.3, 0.4) is 0 Å². The topological polar surface area (TPSA) is 63.4 Å². The number of aliphatic hydroxyl groups excluding tert-OH is 1. The Morgan fingerprint density at radius 3 is 2.62 bits per heavy atom. The quantitative estimate of drug-likeness (QED) is 0.672. The van der Waals surface area contributed by atoms with Gasteiger partial charge >= 0.3 is 0 Å². The molecule has 0 unspecified atom stereocenters. The minimum Gasteiger partial charge on any atom is -0.385 e. The van der Waals surface area contributed by atoms with Crippen LogP contribution in [0.1, 0.15) is 10.8 Å². The molecule has 3 atom stereocenters. The van der Waals surface area contributed by atoms with Crippen LogP contribution in [0.5, 0.6) is 0 Å². The first-order valence-electron chi connectivity index (χ1n) is 4.78. The van der Waals surface area contributed by atoms with Crippen LogP contribution < -0.4 is 0 Å². The second-order valence-electron chi connectivity index (χ2n) is 3.65. The molecule has 0 saturated carbocycles. The Morgan fingerprint density at radius 2 is 2.06 bits per heavy atom. The predicted octanol–water partition coefficient (Wildman–Crippen LogP) is 2.24. The van der Waals surface area contributed by atoms with Crippen molar-refractivity contribution in [2.24, 2.45) is 0 Å². The molecule has 0 aliphatic carbocycles. The highest BCUT2D eigenvalue weighted by atomic mass is 79.9. The first-order chi connectivity index (χ1) is 7.59. The van der Waals surface area contributed by atoms with Gasteiger partial charge in [-0.25, -0.2) is 0 Å². The first kappa shape index (κ1) is 11.9. The van der Waals surface area contributed by atoms with Gasteiger partial charge in [0.05, 0.1) is 5.25 Å². The van der Waals surface area contributed by atoms with E-state index in [1.807, 2.05) is 24.3 Å². The summed E-state index contributed by atoms with van der Waals surface area (Å²) < 4.78 is 0.942. The van der Waals surface area contributed by atoms with Crippen LogP contribution in [0.2, 0.25) is 0 Å². The Labute approximate surface area is 105 Å². The van der Waals surface area contributed by atoms with Crippen LogP contribution in [0, 0.1) is 10.1 Å². The Kier molecular flexibility index (Phi) is 3.51. The van der Waals surface area contributed by atoms with Gasteiger partial charge < -0.3 is 5.11 Å². The normalized spacial score (nSPS) is 29.2. The lowest BCUT2D eigenvalue weighted by Gasteiger charge is -2.14. The maximum Gasteiger partial charge on any atom is 0.255 e. The molecule has 1 heterocycles. The predicted molar refractivity (Wildman–Crippen MR) is 66.1 cm³/mol. The molecule has 1 N–H and O–H groups in total. The van der Waals surface area contributed by atoms with Crippen LogP contribution in [-0.2, 0) is 0 Å². The summed E-state index contributed by atoms with van der Waals surface area (Å²) in [5.41, 5.74) is 0.895. The molecule has 86 valence electrons. The maximum atomic E-state index is 10.9. The number of thioether (sulfide) groups is 1. The van der Waals surface area contributed by atoms with E-state index in [9.17, 15) is 15.2 Å². The summed E-state index contributed by atoms with van der Waals surface area (Å²) in [4.78, 5) is 10.5. The summed E-state index contributed by atoms with van der Waals surface area (Å²) in [7, 11) is 0. The lowest BCUT2D eigenvalue weighted by Crippen LogP contribution is -2.33. The van der Waals surface area contributed by atoms with E-state index in [4.69, 9.17) is 0 Å². The maximum absolute atomic E-state index is 10.9. The zero-order chi connectivity index (χ0) is 11.7. The summed E-state index contributed by atoms with van der Waals surface area (Å²) in [6.45, 7) is 0. The third-order valence-corrected chi connectivity index (χ3v) is 4.57. The van der Waals surface area contributed by atoms with E-state index in [-0.39, 0.29) is 10.2 Å². The third kappa shape index (κ3) is 2.23. The van der Waals surface area contributed by atoms with Gasteiger partial charge in [-0.1, -0.05) is 28.1 Å². The average molecular weight is 304 g/mol. The number of nitro groups is 1. The largest absolute Gasteiger partial charge is 0.385 e. The molecule has 2 rings (SSSR count). The third-order valence-electron chi connectivity index (χ3n) is 2.59. The van der Waals surface area contributed by atoms with Crippen molar-refractivity contribution in [1.29, 1.82) is 0 Å². The van der Waals surface area contributed by atoms with E-state index >= 15 is 0 Å². The number of rotatable bonds is 2. The molecular formula is C10H10BrNO3S. The monoisotopic (exact) mass is 303 g/mol. The fraction of sp³-hybridized carbons (Fsp3) is 0.400. The summed E-state index contributed by atoms with van der Waals surface area (Å²) >= 11 is 4.76. The van der Waals surface area contributed by atoms with E-state index in [0.29, 0.717) is 5.75 Å². The molecule has 1 aromatic rings. The van der Waals surface area contributed by atoms with E-state index in [2.05, 4.69) is 15.9 Å². The molecule has 0 spiro atoms. The molecule has 16 heavy (non-hydrogen) atoms. The van der Waals surface area contributed by atoms with Gasteiger partial charge in [-0.2, -0.15) is 0 Å². The molecular weight excluding hydrogens is 294 g/mol. The molecule has 0 amide bonds. The standard InChI is InChI=1S/C10H10BrNO3S/c11-7-3-1-6(2-4-7)10-9(12(14)15)8(13)5-16-10/h1-4,8-10,13H,5H2/t8-,9-,10+/m1/s1. The van der Waals surface area contributed by atoms with Crippen LogP contribution in [0.25, 0.3) is 0 Å². The second kappa shape index (κ2) is 4.73. The molecule has 0 bridgehead atoms. The van der Waals surface area contributed by atoms with Crippen molar-refractivity contribution in [3.63, 3.8) is 0 Å². The van der Waals surface area contributed by atoms with Crippen LogP contribution in [0.4, 0.5) is 0 Å². The minimum absolute atomic E-state index is 0.252. The van der Waals surface area contributed by atoms with Gasteiger partial charge in [-0.05, 0) is 17.7 Å². The zero-order valence-electron chi connectivity index (χ0n) is 8.25. The number of hydrogen-bond acceptors (Lipinski definition) is 4. The summed E-state index contributed by atoms with van der Waals surface area (Å²) in [6, 6.07) is 6.54. The number of benzene rings is 1. The molecule has 4 nitrogen and oxygen atoms in total. The lowest BCUT2D eigenvalue weighted by molar-refractivity contribution is -0.531. The van der Waals surface area contributed by atoms with E-state index in [0.717, 1.165) is 10.0 Å². The Balaban J connectivity index is 2.26. The lowest BCUT2D eigenvalue weighted by atomic mass is 10.0.